The van der Waals surface area contributed by atoms with Gasteiger partial charge in [0.1, 0.15) is 11.5 Å². The third-order valence-electron chi connectivity index (χ3n) is 4.52. The molecule has 0 saturated heterocycles. The van der Waals surface area contributed by atoms with Gasteiger partial charge in [0, 0.05) is 17.5 Å². The molecule has 0 saturated carbocycles. The Bertz CT molecular complexity index is 1270. The van der Waals surface area contributed by atoms with Gasteiger partial charge in [0.15, 0.2) is 0 Å². The lowest BCUT2D eigenvalue weighted by molar-refractivity contribution is -0.137. The summed E-state index contributed by atoms with van der Waals surface area (Å²) in [7, 11) is 0. The number of benzene rings is 2. The van der Waals surface area contributed by atoms with Crippen molar-refractivity contribution in [3.8, 4) is 0 Å². The van der Waals surface area contributed by atoms with Crippen LogP contribution in [0.4, 0.5) is 37.8 Å². The molecule has 0 aliphatic rings. The number of nitrogens with one attached hydrogen (secondary N) is 3. The SMILES string of the molecule is N=C(/C=C(\Nc1ccccc1Cl)c1ccc(C(=O)Nc2cc(C(F)(F)F)ccn2)cc1)C(F)(F)F. The standard InChI is InChI=1S/C23H15ClF6N4O/c24-16-3-1-2-4-17(16)33-18(12-19(31)23(28,29)30)13-5-7-14(8-6-13)21(35)34-20-11-15(9-10-32-20)22(25,26)27/h1-12,31,33H,(H,32,34,35)/b18-12-,31-19?. The van der Waals surface area contributed by atoms with Gasteiger partial charge in [-0.1, -0.05) is 35.9 Å². The number of pyridine rings is 1. The highest BCUT2D eigenvalue weighted by atomic mass is 35.5. The van der Waals surface area contributed by atoms with Crippen LogP contribution < -0.4 is 10.6 Å². The molecular weight excluding hydrogens is 498 g/mol. The van der Waals surface area contributed by atoms with Crippen molar-refractivity contribution in [1.82, 2.24) is 4.98 Å². The lowest BCUT2D eigenvalue weighted by Crippen LogP contribution is -2.20. The number of anilines is 2. The summed E-state index contributed by atoms with van der Waals surface area (Å²) in [5.41, 5.74) is -2.25. The normalized spacial score (nSPS) is 12.3. The number of allylic oxidation sites excluding steroid dienone is 1. The first-order valence-electron chi connectivity index (χ1n) is 9.68. The van der Waals surface area contributed by atoms with E-state index in [0.29, 0.717) is 12.1 Å². The molecule has 0 fully saturated rings. The van der Waals surface area contributed by atoms with Crippen molar-refractivity contribution in [2.75, 3.05) is 10.6 Å². The fourth-order valence-electron chi connectivity index (χ4n) is 2.79. The molecular formula is C23H15ClF6N4O. The second kappa shape index (κ2) is 10.2. The van der Waals surface area contributed by atoms with E-state index in [1.807, 2.05) is 0 Å². The second-order valence-corrected chi connectivity index (χ2v) is 7.44. The zero-order chi connectivity index (χ0) is 25.8. The van der Waals surface area contributed by atoms with Crippen molar-refractivity contribution >= 4 is 40.4 Å². The van der Waals surface area contributed by atoms with Crippen molar-refractivity contribution in [3.05, 3.63) is 94.6 Å². The largest absolute Gasteiger partial charge is 0.432 e. The van der Waals surface area contributed by atoms with Gasteiger partial charge in [-0.15, -0.1) is 0 Å². The number of alkyl halides is 6. The molecule has 0 spiro atoms. The zero-order valence-corrected chi connectivity index (χ0v) is 18.2. The van der Waals surface area contributed by atoms with Crippen LogP contribution in [0.5, 0.6) is 0 Å². The Kier molecular flexibility index (Phi) is 7.49. The molecule has 12 heteroatoms. The van der Waals surface area contributed by atoms with Gasteiger partial charge in [-0.25, -0.2) is 4.98 Å². The molecule has 0 aliphatic carbocycles. The molecule has 5 nitrogen and oxygen atoms in total. The first kappa shape index (κ1) is 25.8. The molecule has 35 heavy (non-hydrogen) atoms. The average Bonchev–Trinajstić information content (AvgIpc) is 2.79. The lowest BCUT2D eigenvalue weighted by Gasteiger charge is -2.15. The van der Waals surface area contributed by atoms with Crippen LogP contribution in [0.3, 0.4) is 0 Å². The minimum Gasteiger partial charge on any atom is -0.354 e. The highest BCUT2D eigenvalue weighted by Gasteiger charge is 2.33. The number of hydrogen-bond acceptors (Lipinski definition) is 4. The predicted molar refractivity (Wildman–Crippen MR) is 120 cm³/mol. The molecule has 1 aromatic heterocycles. The van der Waals surface area contributed by atoms with E-state index in [9.17, 15) is 31.1 Å². The third kappa shape index (κ3) is 6.82. The summed E-state index contributed by atoms with van der Waals surface area (Å²) in [6.07, 6.45) is -8.05. The molecule has 2 aromatic carbocycles. The molecule has 0 unspecified atom stereocenters. The highest BCUT2D eigenvalue weighted by molar-refractivity contribution is 6.33. The third-order valence-corrected chi connectivity index (χ3v) is 4.85. The van der Waals surface area contributed by atoms with E-state index in [0.717, 1.165) is 12.3 Å². The Hall–Kier alpha value is -3.86. The van der Waals surface area contributed by atoms with E-state index in [1.54, 1.807) is 12.1 Å². The van der Waals surface area contributed by atoms with Crippen molar-refractivity contribution in [1.29, 1.82) is 5.41 Å². The number of hydrogen-bond donors (Lipinski definition) is 3. The number of amides is 1. The van der Waals surface area contributed by atoms with Gasteiger partial charge < -0.3 is 10.6 Å². The Labute approximate surface area is 200 Å². The Balaban J connectivity index is 1.86. The molecule has 1 heterocycles. The van der Waals surface area contributed by atoms with Gasteiger partial charge in [0.2, 0.25) is 0 Å². The van der Waals surface area contributed by atoms with Gasteiger partial charge in [0.05, 0.1) is 16.3 Å². The van der Waals surface area contributed by atoms with Crippen LogP contribution in [0.1, 0.15) is 21.5 Å². The maximum atomic E-state index is 13.0. The van der Waals surface area contributed by atoms with Gasteiger partial charge in [-0.3, -0.25) is 10.2 Å². The minimum absolute atomic E-state index is 0.0101. The van der Waals surface area contributed by atoms with Gasteiger partial charge in [-0.2, -0.15) is 26.3 Å². The first-order valence-corrected chi connectivity index (χ1v) is 10.1. The summed E-state index contributed by atoms with van der Waals surface area (Å²) in [6, 6.07) is 12.9. The molecule has 3 N–H and O–H groups in total. The number of carbonyl (C=O) groups excluding carboxylic acids is 1. The van der Waals surface area contributed by atoms with Crippen LogP contribution in [0.25, 0.3) is 5.70 Å². The summed E-state index contributed by atoms with van der Waals surface area (Å²) in [6.45, 7) is 0. The van der Waals surface area contributed by atoms with E-state index >= 15 is 0 Å². The Morgan fingerprint density at radius 1 is 0.914 bits per heavy atom. The van der Waals surface area contributed by atoms with Crippen molar-refractivity contribution in [3.63, 3.8) is 0 Å². The van der Waals surface area contributed by atoms with Crippen LogP contribution in [-0.2, 0) is 6.18 Å². The first-order chi connectivity index (χ1) is 16.3. The van der Waals surface area contributed by atoms with Crippen LogP contribution in [0.2, 0.25) is 5.02 Å². The summed E-state index contributed by atoms with van der Waals surface area (Å²) in [4.78, 5) is 16.1. The monoisotopic (exact) mass is 512 g/mol. The quantitative estimate of drug-likeness (QED) is 0.245. The van der Waals surface area contributed by atoms with Gasteiger partial charge >= 0.3 is 12.4 Å². The number of aromatic nitrogens is 1. The molecule has 0 atom stereocenters. The lowest BCUT2D eigenvalue weighted by atomic mass is 10.1. The molecule has 1 amide bonds. The maximum absolute atomic E-state index is 13.0. The predicted octanol–water partition coefficient (Wildman–Crippen LogP) is 7.04. The summed E-state index contributed by atoms with van der Waals surface area (Å²) >= 11 is 6.07. The number of para-hydroxylation sites is 1. The Morgan fingerprint density at radius 3 is 2.14 bits per heavy atom. The number of halogens is 7. The Morgan fingerprint density at radius 2 is 1.54 bits per heavy atom. The van der Waals surface area contributed by atoms with E-state index < -0.39 is 29.5 Å². The highest BCUT2D eigenvalue weighted by Crippen LogP contribution is 2.30. The minimum atomic E-state index is -4.90. The number of nitrogens with zero attached hydrogens (tertiary/aromatic N) is 1. The van der Waals surface area contributed by atoms with Crippen molar-refractivity contribution in [2.24, 2.45) is 0 Å². The average molecular weight is 513 g/mol. The second-order valence-electron chi connectivity index (χ2n) is 7.03. The molecule has 0 aliphatic heterocycles. The van der Waals surface area contributed by atoms with Crippen molar-refractivity contribution < 1.29 is 31.1 Å². The molecule has 0 bridgehead atoms. The van der Waals surface area contributed by atoms with Gasteiger partial charge in [-0.05, 0) is 48.0 Å². The van der Waals surface area contributed by atoms with Crippen molar-refractivity contribution in [2.45, 2.75) is 12.4 Å². The van der Waals surface area contributed by atoms with E-state index in [2.05, 4.69) is 15.6 Å². The summed E-state index contributed by atoms with van der Waals surface area (Å²) < 4.78 is 77.5. The molecule has 0 radical (unpaired) electrons. The van der Waals surface area contributed by atoms with E-state index in [4.69, 9.17) is 17.0 Å². The van der Waals surface area contributed by atoms with E-state index in [1.165, 1.54) is 36.4 Å². The van der Waals surface area contributed by atoms with Crippen LogP contribution in [0, 0.1) is 5.41 Å². The zero-order valence-electron chi connectivity index (χ0n) is 17.4. The fourth-order valence-corrected chi connectivity index (χ4v) is 2.97. The number of rotatable bonds is 6. The van der Waals surface area contributed by atoms with E-state index in [-0.39, 0.29) is 33.4 Å². The smallest absolute Gasteiger partial charge is 0.354 e. The van der Waals surface area contributed by atoms with Crippen LogP contribution in [-0.4, -0.2) is 22.8 Å². The van der Waals surface area contributed by atoms with Crippen LogP contribution in [0.15, 0.2) is 72.9 Å². The topological polar surface area (TPSA) is 77.9 Å². The summed E-state index contributed by atoms with van der Waals surface area (Å²) in [5, 5.41) is 12.5. The fraction of sp³-hybridized carbons (Fsp3) is 0.0870. The molecule has 3 aromatic rings. The summed E-state index contributed by atoms with van der Waals surface area (Å²) in [5.74, 6) is -1.11. The molecule has 182 valence electrons. The van der Waals surface area contributed by atoms with Crippen LogP contribution >= 0.6 is 11.6 Å². The molecule has 3 rings (SSSR count). The number of carbonyl (C=O) groups is 1. The maximum Gasteiger partial charge on any atom is 0.432 e. The van der Waals surface area contributed by atoms with Gasteiger partial charge in [0.25, 0.3) is 5.91 Å².